The van der Waals surface area contributed by atoms with Crippen LogP contribution in [0.15, 0.2) is 42.5 Å². The van der Waals surface area contributed by atoms with Crippen LogP contribution in [-0.2, 0) is 24.2 Å². The molecule has 1 atom stereocenters. The molecule has 8 heteroatoms. The molecule has 1 unspecified atom stereocenters. The van der Waals surface area contributed by atoms with E-state index < -0.39 is 5.91 Å². The van der Waals surface area contributed by atoms with Gasteiger partial charge < -0.3 is 19.9 Å². The van der Waals surface area contributed by atoms with Crippen molar-refractivity contribution in [3.63, 3.8) is 0 Å². The molecular weight excluding hydrogens is 360 g/mol. The van der Waals surface area contributed by atoms with E-state index >= 15 is 0 Å². The lowest BCUT2D eigenvalue weighted by Gasteiger charge is -2.12. The van der Waals surface area contributed by atoms with Gasteiger partial charge >= 0.3 is 0 Å². The molecule has 0 saturated heterocycles. The highest BCUT2D eigenvalue weighted by molar-refractivity contribution is 5.75. The summed E-state index contributed by atoms with van der Waals surface area (Å²) >= 11 is 0. The van der Waals surface area contributed by atoms with Gasteiger partial charge in [0, 0.05) is 6.42 Å². The zero-order chi connectivity index (χ0) is 19.1. The summed E-state index contributed by atoms with van der Waals surface area (Å²) in [5.41, 5.74) is 7.44. The SMILES string of the molecule is NC(=O)Cc1nc(C2Cc3ccccc3O2)n(Cc2ccc3c(c2)OCO3)n1. The van der Waals surface area contributed by atoms with Crippen LogP contribution >= 0.6 is 0 Å². The minimum absolute atomic E-state index is 0.0131. The number of nitrogens with zero attached hydrogens (tertiary/aromatic N) is 3. The third-order valence-electron chi connectivity index (χ3n) is 4.78. The highest BCUT2D eigenvalue weighted by Gasteiger charge is 2.29. The first-order chi connectivity index (χ1) is 13.7. The van der Waals surface area contributed by atoms with Crippen molar-refractivity contribution in [1.29, 1.82) is 0 Å². The topological polar surface area (TPSA) is 101 Å². The number of hydrogen-bond donors (Lipinski definition) is 1. The maximum atomic E-state index is 11.3. The lowest BCUT2D eigenvalue weighted by atomic mass is 10.1. The molecule has 5 rings (SSSR count). The molecule has 0 saturated carbocycles. The quantitative estimate of drug-likeness (QED) is 0.726. The number of aromatic nitrogens is 3. The number of rotatable bonds is 5. The zero-order valence-electron chi connectivity index (χ0n) is 15.0. The average molecular weight is 378 g/mol. The van der Waals surface area contributed by atoms with E-state index in [1.807, 2.05) is 42.5 Å². The van der Waals surface area contributed by atoms with Crippen molar-refractivity contribution in [3.8, 4) is 17.2 Å². The predicted octanol–water partition coefficient (Wildman–Crippen LogP) is 1.76. The van der Waals surface area contributed by atoms with Gasteiger partial charge in [-0.25, -0.2) is 9.67 Å². The molecule has 3 heterocycles. The van der Waals surface area contributed by atoms with Crippen LogP contribution in [-0.4, -0.2) is 27.5 Å². The number of fused-ring (bicyclic) bond motifs is 2. The third-order valence-corrected chi connectivity index (χ3v) is 4.78. The fraction of sp³-hybridized carbons (Fsp3) is 0.250. The number of hydrogen-bond acceptors (Lipinski definition) is 6. The van der Waals surface area contributed by atoms with Gasteiger partial charge in [0.05, 0.1) is 13.0 Å². The number of primary amides is 1. The van der Waals surface area contributed by atoms with Crippen molar-refractivity contribution in [2.45, 2.75) is 25.5 Å². The Labute approximate surface area is 160 Å². The van der Waals surface area contributed by atoms with Crippen LogP contribution in [0.5, 0.6) is 17.2 Å². The number of para-hydroxylation sites is 1. The fourth-order valence-electron chi connectivity index (χ4n) is 3.53. The Hall–Kier alpha value is -3.55. The fourth-order valence-corrected chi connectivity index (χ4v) is 3.53. The Morgan fingerprint density at radius 3 is 2.86 bits per heavy atom. The molecule has 0 fully saturated rings. The standard InChI is InChI=1S/C20H18N4O4/c21-18(25)9-19-22-20(17-8-13-3-1-2-4-14(13)28-17)24(23-19)10-12-5-6-15-16(7-12)27-11-26-15/h1-7,17H,8-11H2,(H2,21,25). The first-order valence-corrected chi connectivity index (χ1v) is 9.01. The van der Waals surface area contributed by atoms with Crippen molar-refractivity contribution < 1.29 is 19.0 Å². The third kappa shape index (κ3) is 3.02. The minimum atomic E-state index is -0.470. The highest BCUT2D eigenvalue weighted by atomic mass is 16.7. The molecule has 2 aromatic carbocycles. The van der Waals surface area contributed by atoms with Crippen LogP contribution in [0.25, 0.3) is 0 Å². The van der Waals surface area contributed by atoms with Crippen LogP contribution < -0.4 is 19.9 Å². The molecule has 142 valence electrons. The minimum Gasteiger partial charge on any atom is -0.482 e. The first-order valence-electron chi connectivity index (χ1n) is 9.01. The smallest absolute Gasteiger partial charge is 0.231 e. The molecule has 8 nitrogen and oxygen atoms in total. The number of ether oxygens (including phenoxy) is 3. The monoisotopic (exact) mass is 378 g/mol. The summed E-state index contributed by atoms with van der Waals surface area (Å²) in [5.74, 6) is 2.88. The van der Waals surface area contributed by atoms with Crippen molar-refractivity contribution in [1.82, 2.24) is 14.8 Å². The summed E-state index contributed by atoms with van der Waals surface area (Å²) in [6, 6.07) is 13.7. The van der Waals surface area contributed by atoms with E-state index in [2.05, 4.69) is 10.1 Å². The van der Waals surface area contributed by atoms with Crippen LogP contribution in [0, 0.1) is 0 Å². The van der Waals surface area contributed by atoms with Crippen LogP contribution in [0.3, 0.4) is 0 Å². The number of benzene rings is 2. The normalized spacial score (nSPS) is 16.6. The van der Waals surface area contributed by atoms with E-state index in [9.17, 15) is 4.79 Å². The predicted molar refractivity (Wildman–Crippen MR) is 98.1 cm³/mol. The van der Waals surface area contributed by atoms with Crippen LogP contribution in [0.2, 0.25) is 0 Å². The van der Waals surface area contributed by atoms with Gasteiger partial charge in [-0.15, -0.1) is 0 Å². The molecule has 0 radical (unpaired) electrons. The van der Waals surface area contributed by atoms with Crippen LogP contribution in [0.1, 0.15) is 28.9 Å². The molecule has 28 heavy (non-hydrogen) atoms. The number of carbonyl (C=O) groups excluding carboxylic acids is 1. The van der Waals surface area contributed by atoms with Gasteiger partial charge in [0.25, 0.3) is 0 Å². The van der Waals surface area contributed by atoms with E-state index in [1.165, 1.54) is 0 Å². The van der Waals surface area contributed by atoms with Gasteiger partial charge in [0.2, 0.25) is 12.7 Å². The molecule has 0 spiro atoms. The molecule has 1 amide bonds. The molecular formula is C20H18N4O4. The van der Waals surface area contributed by atoms with Crippen molar-refractivity contribution in [3.05, 3.63) is 65.2 Å². The van der Waals surface area contributed by atoms with Gasteiger partial charge in [0.15, 0.2) is 29.3 Å². The summed E-state index contributed by atoms with van der Waals surface area (Å²) in [6.07, 6.45) is 0.424. The second kappa shape index (κ2) is 6.56. The van der Waals surface area contributed by atoms with Crippen molar-refractivity contribution in [2.24, 2.45) is 5.73 Å². The van der Waals surface area contributed by atoms with Gasteiger partial charge in [0.1, 0.15) is 5.75 Å². The van der Waals surface area contributed by atoms with Gasteiger partial charge in [-0.2, -0.15) is 5.10 Å². The van der Waals surface area contributed by atoms with Gasteiger partial charge in [-0.3, -0.25) is 4.79 Å². The summed E-state index contributed by atoms with van der Waals surface area (Å²) in [4.78, 5) is 15.9. The molecule has 2 N–H and O–H groups in total. The first kappa shape index (κ1) is 16.6. The van der Waals surface area contributed by atoms with E-state index in [1.54, 1.807) is 4.68 Å². The second-order valence-corrected chi connectivity index (χ2v) is 6.79. The summed E-state index contributed by atoms with van der Waals surface area (Å²) in [6.45, 7) is 0.693. The Morgan fingerprint density at radius 1 is 1.14 bits per heavy atom. The Balaban J connectivity index is 1.46. The van der Waals surface area contributed by atoms with E-state index in [0.717, 1.165) is 22.6 Å². The zero-order valence-corrected chi connectivity index (χ0v) is 15.0. The number of amides is 1. The van der Waals surface area contributed by atoms with E-state index in [4.69, 9.17) is 19.9 Å². The maximum absolute atomic E-state index is 11.3. The summed E-state index contributed by atoms with van der Waals surface area (Å²) < 4.78 is 18.7. The Kier molecular flexibility index (Phi) is 3.89. The van der Waals surface area contributed by atoms with Crippen molar-refractivity contribution >= 4 is 5.91 Å². The Morgan fingerprint density at radius 2 is 2.00 bits per heavy atom. The summed E-state index contributed by atoms with van der Waals surface area (Å²) in [7, 11) is 0. The van der Waals surface area contributed by atoms with Crippen LogP contribution in [0.4, 0.5) is 0 Å². The van der Waals surface area contributed by atoms with E-state index in [0.29, 0.717) is 30.4 Å². The maximum Gasteiger partial charge on any atom is 0.231 e. The molecule has 1 aromatic heterocycles. The molecule has 0 aliphatic carbocycles. The Bertz CT molecular complexity index is 1040. The second-order valence-electron chi connectivity index (χ2n) is 6.79. The molecule has 2 aliphatic heterocycles. The average Bonchev–Trinajstić information content (AvgIpc) is 3.38. The van der Waals surface area contributed by atoms with Gasteiger partial charge in [-0.05, 0) is 29.3 Å². The van der Waals surface area contributed by atoms with Crippen molar-refractivity contribution in [2.75, 3.05) is 6.79 Å². The molecule has 2 aliphatic rings. The molecule has 0 bridgehead atoms. The number of nitrogens with two attached hydrogens (primary N) is 1. The van der Waals surface area contributed by atoms with Gasteiger partial charge in [-0.1, -0.05) is 24.3 Å². The van der Waals surface area contributed by atoms with E-state index in [-0.39, 0.29) is 19.3 Å². The lowest BCUT2D eigenvalue weighted by Crippen LogP contribution is -2.15. The number of carbonyl (C=O) groups is 1. The lowest BCUT2D eigenvalue weighted by molar-refractivity contribution is -0.117. The summed E-state index contributed by atoms with van der Waals surface area (Å²) in [5, 5.41) is 4.50. The highest BCUT2D eigenvalue weighted by Crippen LogP contribution is 2.36. The largest absolute Gasteiger partial charge is 0.482 e. The molecule has 3 aromatic rings.